The molecule has 82 valence electrons. The highest BCUT2D eigenvalue weighted by Crippen LogP contribution is 2.46. The van der Waals surface area contributed by atoms with E-state index in [4.69, 9.17) is 0 Å². The Morgan fingerprint density at radius 1 is 1.50 bits per heavy atom. The summed E-state index contributed by atoms with van der Waals surface area (Å²) in [5.41, 5.74) is -1.15. The van der Waals surface area contributed by atoms with Crippen LogP contribution in [0.5, 0.6) is 0 Å². The van der Waals surface area contributed by atoms with Crippen LogP contribution in [0.2, 0.25) is 0 Å². The molecule has 1 unspecified atom stereocenters. The van der Waals surface area contributed by atoms with Crippen LogP contribution < -0.4 is 4.72 Å². The highest BCUT2D eigenvalue weighted by Gasteiger charge is 2.33. The normalized spacial score (nSPS) is 13.0. The Hall–Kier alpha value is -0.690. The Morgan fingerprint density at radius 2 is 2.00 bits per heavy atom. The zero-order valence-electron chi connectivity index (χ0n) is 7.59. The highest BCUT2D eigenvalue weighted by atomic mass is 32.2. The van der Waals surface area contributed by atoms with Crippen molar-refractivity contribution < 1.29 is 26.8 Å². The molecule has 14 heavy (non-hydrogen) atoms. The quantitative estimate of drug-likeness (QED) is 0.551. The third-order valence-electron chi connectivity index (χ3n) is 1.06. The molecule has 0 aromatic carbocycles. The van der Waals surface area contributed by atoms with Crippen molar-refractivity contribution in [2.24, 2.45) is 0 Å². The third-order valence-corrected chi connectivity index (χ3v) is 3.44. The summed E-state index contributed by atoms with van der Waals surface area (Å²) in [7, 11) is -1.85. The summed E-state index contributed by atoms with van der Waals surface area (Å²) in [6.07, 6.45) is 0.862. The van der Waals surface area contributed by atoms with E-state index < -0.39 is 24.5 Å². The lowest BCUT2D eigenvalue weighted by molar-refractivity contribution is 0.237. The number of carbonyl (C=O) groups excluding carboxylic acids is 1. The Balaban J connectivity index is 4.40. The molecule has 0 spiro atoms. The number of hydrogen-bond donors (Lipinski definition) is 1. The van der Waals surface area contributed by atoms with Gasteiger partial charge < -0.3 is 13.2 Å². The number of carbonyl (C=O) groups is 1. The molecule has 0 aromatic heterocycles. The van der Waals surface area contributed by atoms with Crippen LogP contribution >= 0.6 is 7.60 Å². The first-order valence-electron chi connectivity index (χ1n) is 3.22. The van der Waals surface area contributed by atoms with Gasteiger partial charge in [-0.1, -0.05) is 6.58 Å². The van der Waals surface area contributed by atoms with Gasteiger partial charge in [-0.15, -0.1) is 0 Å². The topological polar surface area (TPSA) is 90.9 Å². The lowest BCUT2D eigenvalue weighted by atomic mass is 11.2. The Morgan fingerprint density at radius 3 is 2.36 bits per heavy atom. The van der Waals surface area contributed by atoms with Gasteiger partial charge in [-0.25, -0.2) is 9.29 Å². The fourth-order valence-electron chi connectivity index (χ4n) is 0.453. The molecule has 0 fully saturated rings. The number of nitrogens with one attached hydrogen (secondary N) is 1. The largest absolute Gasteiger partial charge is 0.418 e. The molecule has 0 rings (SSSR count). The van der Waals surface area contributed by atoms with Crippen LogP contribution in [-0.2, 0) is 29.1 Å². The molecular formula is C5H10NO6PS. The molecule has 0 aromatic rings. The first-order chi connectivity index (χ1) is 6.50. The van der Waals surface area contributed by atoms with Gasteiger partial charge in [-0.2, -0.15) is 4.21 Å². The Kier molecular flexibility index (Phi) is 5.63. The van der Waals surface area contributed by atoms with Gasteiger partial charge in [-0.3, -0.25) is 4.79 Å². The summed E-state index contributed by atoms with van der Waals surface area (Å²) in [6, 6.07) is 0. The highest BCUT2D eigenvalue weighted by molar-refractivity contribution is 7.82. The van der Waals surface area contributed by atoms with Gasteiger partial charge in [0, 0.05) is 14.2 Å². The van der Waals surface area contributed by atoms with E-state index in [1.165, 1.54) is 0 Å². The van der Waals surface area contributed by atoms with Gasteiger partial charge in [0.15, 0.2) is 0 Å². The molecule has 0 saturated heterocycles. The maximum absolute atomic E-state index is 11.3. The van der Waals surface area contributed by atoms with E-state index in [1.54, 1.807) is 4.72 Å². The van der Waals surface area contributed by atoms with Crippen LogP contribution in [0.3, 0.4) is 0 Å². The van der Waals surface area contributed by atoms with Crippen LogP contribution in [0.1, 0.15) is 0 Å². The molecule has 7 nitrogen and oxygen atoms in total. The second-order valence-electron chi connectivity index (χ2n) is 1.77. The van der Waals surface area contributed by atoms with Crippen molar-refractivity contribution in [3.63, 3.8) is 0 Å². The molecule has 1 amide bonds. The molecule has 0 aliphatic heterocycles. The lowest BCUT2D eigenvalue weighted by Gasteiger charge is -2.11. The Labute approximate surface area is 83.7 Å². The molecule has 1 atom stereocenters. The van der Waals surface area contributed by atoms with Crippen LogP contribution in [0.15, 0.2) is 12.8 Å². The molecule has 0 saturated carbocycles. The summed E-state index contributed by atoms with van der Waals surface area (Å²) in [6.45, 7) is 3.11. The SMILES string of the molecule is C=COS(=O)NC(=O)P(=O)(OC)OC. The predicted molar refractivity (Wildman–Crippen MR) is 49.6 cm³/mol. The van der Waals surface area contributed by atoms with Crippen LogP contribution in [0.4, 0.5) is 4.79 Å². The Bertz CT molecular complexity index is 284. The van der Waals surface area contributed by atoms with Crippen molar-refractivity contribution in [1.82, 2.24) is 4.72 Å². The number of hydrogen-bond acceptors (Lipinski definition) is 6. The standard InChI is InChI=1S/C5H10NO6PS/c1-4-12-14(9)6-5(7)13(8,10-2)11-3/h4H,1H2,2-3H3,(H,6,7). The van der Waals surface area contributed by atoms with E-state index in [9.17, 15) is 13.6 Å². The molecule has 1 N–H and O–H groups in total. The number of amides is 1. The fraction of sp³-hybridized carbons (Fsp3) is 0.400. The van der Waals surface area contributed by atoms with Crippen molar-refractivity contribution in [2.45, 2.75) is 0 Å². The molecular weight excluding hydrogens is 233 g/mol. The van der Waals surface area contributed by atoms with Gasteiger partial charge in [0.1, 0.15) is 0 Å². The maximum atomic E-state index is 11.3. The summed E-state index contributed by atoms with van der Waals surface area (Å²) in [5.74, 6) is 0. The summed E-state index contributed by atoms with van der Waals surface area (Å²) < 4.78 is 36.8. The molecule has 0 heterocycles. The molecule has 0 bridgehead atoms. The molecule has 0 radical (unpaired) electrons. The van der Waals surface area contributed by atoms with E-state index in [2.05, 4.69) is 19.8 Å². The van der Waals surface area contributed by atoms with Crippen LogP contribution in [0, 0.1) is 0 Å². The number of rotatable bonds is 6. The summed E-state index contributed by atoms with van der Waals surface area (Å²) in [4.78, 5) is 11.1. The second-order valence-corrected chi connectivity index (χ2v) is 4.76. The average Bonchev–Trinajstić information content (AvgIpc) is 2.16. The van der Waals surface area contributed by atoms with E-state index in [0.717, 1.165) is 20.5 Å². The van der Waals surface area contributed by atoms with Gasteiger partial charge in [0.2, 0.25) is 0 Å². The minimum atomic E-state index is -3.91. The van der Waals surface area contributed by atoms with E-state index in [0.29, 0.717) is 0 Å². The van der Waals surface area contributed by atoms with Crippen molar-refractivity contribution in [3.8, 4) is 0 Å². The smallest absolute Gasteiger partial charge is 0.394 e. The van der Waals surface area contributed by atoms with Crippen molar-refractivity contribution in [3.05, 3.63) is 12.8 Å². The minimum Gasteiger partial charge on any atom is -0.394 e. The fourth-order valence-corrected chi connectivity index (χ4v) is 1.92. The monoisotopic (exact) mass is 243 g/mol. The van der Waals surface area contributed by atoms with Crippen molar-refractivity contribution in [1.29, 1.82) is 0 Å². The van der Waals surface area contributed by atoms with Gasteiger partial charge in [0.05, 0.1) is 6.26 Å². The lowest BCUT2D eigenvalue weighted by Crippen LogP contribution is -2.25. The zero-order chi connectivity index (χ0) is 11.2. The van der Waals surface area contributed by atoms with E-state index in [-0.39, 0.29) is 0 Å². The van der Waals surface area contributed by atoms with Crippen molar-refractivity contribution in [2.75, 3.05) is 14.2 Å². The first kappa shape index (κ1) is 13.3. The summed E-state index contributed by atoms with van der Waals surface area (Å²) in [5, 5.41) is 0. The second kappa shape index (κ2) is 5.92. The van der Waals surface area contributed by atoms with E-state index >= 15 is 0 Å². The van der Waals surface area contributed by atoms with Crippen LogP contribution in [-0.4, -0.2) is 24.1 Å². The van der Waals surface area contributed by atoms with Crippen molar-refractivity contribution >= 4 is 24.5 Å². The van der Waals surface area contributed by atoms with Gasteiger partial charge in [0.25, 0.3) is 0 Å². The van der Waals surface area contributed by atoms with Gasteiger partial charge in [-0.05, 0) is 0 Å². The van der Waals surface area contributed by atoms with Crippen LogP contribution in [0.25, 0.3) is 0 Å². The molecule has 0 aliphatic carbocycles. The van der Waals surface area contributed by atoms with E-state index in [1.807, 2.05) is 0 Å². The summed E-state index contributed by atoms with van der Waals surface area (Å²) >= 11 is -2.15. The average molecular weight is 243 g/mol. The maximum Gasteiger partial charge on any atom is 0.418 e. The first-order valence-corrected chi connectivity index (χ1v) is 5.84. The minimum absolute atomic E-state index is 0.862. The predicted octanol–water partition coefficient (Wildman–Crippen LogP) is 0.921. The third kappa shape index (κ3) is 3.59. The zero-order valence-corrected chi connectivity index (χ0v) is 9.30. The van der Waals surface area contributed by atoms with Gasteiger partial charge >= 0.3 is 24.5 Å². The molecule has 9 heteroatoms. The molecule has 0 aliphatic rings.